The molecule has 9 nitrogen and oxygen atoms in total. The molecule has 2 aromatic heterocycles. The van der Waals surface area contributed by atoms with Crippen molar-refractivity contribution in [3.8, 4) is 0 Å². The summed E-state index contributed by atoms with van der Waals surface area (Å²) < 4.78 is 1.45. The van der Waals surface area contributed by atoms with Gasteiger partial charge in [0.05, 0.1) is 39.6 Å². The van der Waals surface area contributed by atoms with E-state index in [-0.39, 0.29) is 30.1 Å². The number of imidazole rings is 1. The molecular weight excluding hydrogens is 396 g/mol. The Hall–Kier alpha value is -3.88. The lowest BCUT2D eigenvalue weighted by Crippen LogP contribution is -2.24. The number of H-pyrrole nitrogens is 2. The maximum absolute atomic E-state index is 12.7. The van der Waals surface area contributed by atoms with Crippen LogP contribution in [-0.4, -0.2) is 38.5 Å². The monoisotopic (exact) mass is 418 g/mol. The molecule has 5 rings (SSSR count). The standard InChI is InChI=1S/C22H22N6O3/c29-20(7-10-28-13-23-15-6-2-1-5-14(15)21(28)30)24-18-11-16-17(26-22(31)25-16)12-19(18)27-8-3-4-9-27/h1-2,5-6,11-13H,3-4,7-10H2,(H,24,29)(H2,25,26,31). The number of para-hydroxylation sites is 1. The fourth-order valence-corrected chi connectivity index (χ4v) is 4.09. The first-order valence-corrected chi connectivity index (χ1v) is 10.3. The highest BCUT2D eigenvalue weighted by atomic mass is 16.2. The Kier molecular flexibility index (Phi) is 4.78. The molecule has 2 aromatic carbocycles. The number of carbonyl (C=O) groups is 1. The van der Waals surface area contributed by atoms with Gasteiger partial charge in [0, 0.05) is 26.1 Å². The van der Waals surface area contributed by atoms with E-state index >= 15 is 0 Å². The smallest absolute Gasteiger partial charge is 0.323 e. The highest BCUT2D eigenvalue weighted by Crippen LogP contribution is 2.32. The average molecular weight is 418 g/mol. The van der Waals surface area contributed by atoms with Crippen molar-refractivity contribution in [2.75, 3.05) is 23.3 Å². The molecule has 1 fully saturated rings. The van der Waals surface area contributed by atoms with Crippen molar-refractivity contribution in [3.63, 3.8) is 0 Å². The predicted molar refractivity (Wildman–Crippen MR) is 120 cm³/mol. The second kappa shape index (κ2) is 7.75. The molecule has 0 unspecified atom stereocenters. The number of aromatic nitrogens is 4. The zero-order valence-electron chi connectivity index (χ0n) is 16.9. The molecule has 3 heterocycles. The zero-order chi connectivity index (χ0) is 21.4. The first kappa shape index (κ1) is 19.1. The molecule has 1 amide bonds. The van der Waals surface area contributed by atoms with Crippen molar-refractivity contribution in [2.45, 2.75) is 25.8 Å². The SMILES string of the molecule is O=C(CCn1cnc2ccccc2c1=O)Nc1cc2[nH]c(=O)[nH]c2cc1N1CCCC1. The van der Waals surface area contributed by atoms with E-state index in [4.69, 9.17) is 0 Å². The van der Waals surface area contributed by atoms with Crippen molar-refractivity contribution in [3.05, 3.63) is 63.6 Å². The number of hydrogen-bond donors (Lipinski definition) is 3. The highest BCUT2D eigenvalue weighted by molar-refractivity contribution is 5.98. The fourth-order valence-electron chi connectivity index (χ4n) is 4.09. The van der Waals surface area contributed by atoms with Crippen LogP contribution in [0.25, 0.3) is 21.9 Å². The molecule has 158 valence electrons. The minimum atomic E-state index is -0.283. The largest absolute Gasteiger partial charge is 0.370 e. The number of rotatable bonds is 5. The Morgan fingerprint density at radius 3 is 2.61 bits per heavy atom. The molecule has 0 bridgehead atoms. The quantitative estimate of drug-likeness (QED) is 0.459. The van der Waals surface area contributed by atoms with Gasteiger partial charge in [0.2, 0.25) is 5.91 Å². The molecular formula is C22H22N6O3. The van der Waals surface area contributed by atoms with E-state index in [0.717, 1.165) is 31.6 Å². The summed E-state index contributed by atoms with van der Waals surface area (Å²) >= 11 is 0. The molecule has 0 spiro atoms. The summed E-state index contributed by atoms with van der Waals surface area (Å²) in [7, 11) is 0. The zero-order valence-corrected chi connectivity index (χ0v) is 16.9. The lowest BCUT2D eigenvalue weighted by atomic mass is 10.2. The number of benzene rings is 2. The van der Waals surface area contributed by atoms with E-state index in [1.54, 1.807) is 24.3 Å². The van der Waals surface area contributed by atoms with E-state index in [1.165, 1.54) is 10.9 Å². The van der Waals surface area contributed by atoms with Crippen LogP contribution in [0.5, 0.6) is 0 Å². The van der Waals surface area contributed by atoms with Gasteiger partial charge in [0.1, 0.15) is 0 Å². The van der Waals surface area contributed by atoms with E-state index in [9.17, 15) is 14.4 Å². The van der Waals surface area contributed by atoms with Crippen LogP contribution in [0.2, 0.25) is 0 Å². The molecule has 3 N–H and O–H groups in total. The van der Waals surface area contributed by atoms with E-state index in [0.29, 0.717) is 27.6 Å². The van der Waals surface area contributed by atoms with Crippen LogP contribution in [0, 0.1) is 0 Å². The minimum Gasteiger partial charge on any atom is -0.370 e. The number of fused-ring (bicyclic) bond motifs is 2. The molecule has 31 heavy (non-hydrogen) atoms. The van der Waals surface area contributed by atoms with Crippen LogP contribution in [-0.2, 0) is 11.3 Å². The van der Waals surface area contributed by atoms with Crippen LogP contribution in [0.1, 0.15) is 19.3 Å². The van der Waals surface area contributed by atoms with Gasteiger partial charge in [-0.1, -0.05) is 12.1 Å². The molecule has 1 aliphatic heterocycles. The normalized spacial score (nSPS) is 13.9. The molecule has 0 atom stereocenters. The molecule has 9 heteroatoms. The molecule has 4 aromatic rings. The Labute approximate surface area is 176 Å². The summed E-state index contributed by atoms with van der Waals surface area (Å²) in [5, 5.41) is 3.49. The molecule has 0 radical (unpaired) electrons. The first-order chi connectivity index (χ1) is 15.1. The van der Waals surface area contributed by atoms with Crippen molar-refractivity contribution >= 4 is 39.2 Å². The van der Waals surface area contributed by atoms with Gasteiger partial charge in [0.15, 0.2) is 0 Å². The van der Waals surface area contributed by atoms with Gasteiger partial charge in [0.25, 0.3) is 5.56 Å². The van der Waals surface area contributed by atoms with E-state index in [1.807, 2.05) is 12.1 Å². The molecule has 1 aliphatic rings. The number of anilines is 2. The van der Waals surface area contributed by atoms with Gasteiger partial charge in [-0.3, -0.25) is 14.2 Å². The number of aromatic amines is 2. The number of hydrogen-bond acceptors (Lipinski definition) is 5. The maximum atomic E-state index is 12.7. The summed E-state index contributed by atoms with van der Waals surface area (Å²) in [5.74, 6) is -0.210. The Balaban J connectivity index is 1.37. The number of aryl methyl sites for hydroxylation is 1. The van der Waals surface area contributed by atoms with Gasteiger partial charge >= 0.3 is 5.69 Å². The number of carbonyl (C=O) groups excluding carboxylic acids is 1. The number of nitrogens with one attached hydrogen (secondary N) is 3. The van der Waals surface area contributed by atoms with E-state index < -0.39 is 0 Å². The fraction of sp³-hybridized carbons (Fsp3) is 0.273. The Morgan fingerprint density at radius 2 is 1.81 bits per heavy atom. The van der Waals surface area contributed by atoms with Gasteiger partial charge in [-0.15, -0.1) is 0 Å². The second-order valence-electron chi connectivity index (χ2n) is 7.75. The Morgan fingerprint density at radius 1 is 1.06 bits per heavy atom. The van der Waals surface area contributed by atoms with Crippen molar-refractivity contribution in [1.82, 2.24) is 19.5 Å². The average Bonchev–Trinajstić information content (AvgIpc) is 3.41. The van der Waals surface area contributed by atoms with E-state index in [2.05, 4.69) is 25.2 Å². The summed E-state index contributed by atoms with van der Waals surface area (Å²) in [6.45, 7) is 2.03. The molecule has 0 saturated carbocycles. The second-order valence-corrected chi connectivity index (χ2v) is 7.75. The van der Waals surface area contributed by atoms with Crippen molar-refractivity contribution in [1.29, 1.82) is 0 Å². The van der Waals surface area contributed by atoms with Crippen LogP contribution < -0.4 is 21.5 Å². The third kappa shape index (κ3) is 3.70. The summed E-state index contributed by atoms with van der Waals surface area (Å²) in [5.41, 5.74) is 3.07. The Bertz CT molecular complexity index is 1390. The lowest BCUT2D eigenvalue weighted by molar-refractivity contribution is -0.116. The summed E-state index contributed by atoms with van der Waals surface area (Å²) in [6, 6.07) is 10.8. The minimum absolute atomic E-state index is 0.126. The molecule has 1 saturated heterocycles. The summed E-state index contributed by atoms with van der Waals surface area (Å²) in [4.78, 5) is 49.0. The van der Waals surface area contributed by atoms with Gasteiger partial charge in [-0.25, -0.2) is 9.78 Å². The van der Waals surface area contributed by atoms with Gasteiger partial charge < -0.3 is 20.2 Å². The van der Waals surface area contributed by atoms with Crippen LogP contribution in [0.15, 0.2) is 52.3 Å². The summed E-state index contributed by atoms with van der Waals surface area (Å²) in [6.07, 6.45) is 3.78. The predicted octanol–water partition coefficient (Wildman–Crippen LogP) is 2.20. The van der Waals surface area contributed by atoms with Crippen LogP contribution in [0.3, 0.4) is 0 Å². The highest BCUT2D eigenvalue weighted by Gasteiger charge is 2.19. The van der Waals surface area contributed by atoms with Crippen molar-refractivity contribution in [2.24, 2.45) is 0 Å². The molecule has 0 aliphatic carbocycles. The van der Waals surface area contributed by atoms with Crippen LogP contribution >= 0.6 is 0 Å². The van der Waals surface area contributed by atoms with Gasteiger partial charge in [-0.2, -0.15) is 0 Å². The third-order valence-electron chi connectivity index (χ3n) is 5.66. The maximum Gasteiger partial charge on any atom is 0.323 e. The van der Waals surface area contributed by atoms with Crippen LogP contribution in [0.4, 0.5) is 11.4 Å². The number of amides is 1. The first-order valence-electron chi connectivity index (χ1n) is 10.3. The number of nitrogens with zero attached hydrogens (tertiary/aromatic N) is 3. The topological polar surface area (TPSA) is 116 Å². The third-order valence-corrected chi connectivity index (χ3v) is 5.66. The van der Waals surface area contributed by atoms with Crippen molar-refractivity contribution < 1.29 is 4.79 Å². The van der Waals surface area contributed by atoms with Gasteiger partial charge in [-0.05, 0) is 37.1 Å². The lowest BCUT2D eigenvalue weighted by Gasteiger charge is -2.22.